The maximum absolute atomic E-state index is 5.76. The third kappa shape index (κ3) is 4.94. The lowest BCUT2D eigenvalue weighted by atomic mass is 9.85. The summed E-state index contributed by atoms with van der Waals surface area (Å²) in [6.07, 6.45) is 1.96. The van der Waals surface area contributed by atoms with Crippen LogP contribution in [0, 0.1) is 5.41 Å². The predicted octanol–water partition coefficient (Wildman–Crippen LogP) is 2.12. The Bertz CT molecular complexity index is 215. The van der Waals surface area contributed by atoms with Gasteiger partial charge < -0.3 is 10.1 Å². The lowest BCUT2D eigenvalue weighted by molar-refractivity contribution is -0.0691. The Morgan fingerprint density at radius 1 is 1.24 bits per heavy atom. The number of ether oxygens (including phenoxy) is 1. The number of nitrogens with zero attached hydrogens (tertiary/aromatic N) is 1. The molecule has 0 amide bonds. The molecule has 0 aromatic rings. The third-order valence-electron chi connectivity index (χ3n) is 3.62. The quantitative estimate of drug-likeness (QED) is 0.817. The van der Waals surface area contributed by atoms with E-state index < -0.39 is 0 Å². The van der Waals surface area contributed by atoms with E-state index in [-0.39, 0.29) is 0 Å². The SMILES string of the molecule is CNC(CCN1C[C@@H](C)O[C@@H](C)C1)C(C)(C)C. The fourth-order valence-electron chi connectivity index (χ4n) is 2.79. The highest BCUT2D eigenvalue weighted by molar-refractivity contribution is 4.81. The molecule has 1 N–H and O–H groups in total. The fraction of sp³-hybridized carbons (Fsp3) is 1.00. The van der Waals surface area contributed by atoms with Gasteiger partial charge in [0.25, 0.3) is 0 Å². The van der Waals surface area contributed by atoms with Gasteiger partial charge in [-0.05, 0) is 39.3 Å². The van der Waals surface area contributed by atoms with Gasteiger partial charge in [-0.25, -0.2) is 0 Å². The van der Waals surface area contributed by atoms with E-state index in [0.717, 1.165) is 13.1 Å². The molecule has 0 radical (unpaired) electrons. The first-order valence-electron chi connectivity index (χ1n) is 6.88. The van der Waals surface area contributed by atoms with Crippen LogP contribution >= 0.6 is 0 Å². The molecule has 1 aliphatic heterocycles. The number of hydrogen-bond donors (Lipinski definition) is 1. The molecular weight excluding hydrogens is 212 g/mol. The van der Waals surface area contributed by atoms with Crippen LogP contribution in [0.5, 0.6) is 0 Å². The van der Waals surface area contributed by atoms with Crippen LogP contribution in [0.25, 0.3) is 0 Å². The van der Waals surface area contributed by atoms with Crippen molar-refractivity contribution < 1.29 is 4.74 Å². The van der Waals surface area contributed by atoms with Crippen LogP contribution in [0.15, 0.2) is 0 Å². The van der Waals surface area contributed by atoms with E-state index >= 15 is 0 Å². The smallest absolute Gasteiger partial charge is 0.0678 e. The molecule has 0 spiro atoms. The molecule has 1 unspecified atom stereocenters. The molecule has 1 heterocycles. The van der Waals surface area contributed by atoms with Crippen LogP contribution in [-0.2, 0) is 4.74 Å². The predicted molar refractivity (Wildman–Crippen MR) is 73.4 cm³/mol. The molecule has 102 valence electrons. The van der Waals surface area contributed by atoms with Crippen molar-refractivity contribution in [3.63, 3.8) is 0 Å². The molecule has 0 aromatic heterocycles. The van der Waals surface area contributed by atoms with E-state index in [4.69, 9.17) is 4.74 Å². The van der Waals surface area contributed by atoms with Crippen molar-refractivity contribution >= 4 is 0 Å². The van der Waals surface area contributed by atoms with Crippen LogP contribution in [-0.4, -0.2) is 49.8 Å². The molecule has 1 aliphatic rings. The first kappa shape index (κ1) is 14.9. The van der Waals surface area contributed by atoms with Gasteiger partial charge in [-0.2, -0.15) is 0 Å². The molecule has 1 fully saturated rings. The summed E-state index contributed by atoms with van der Waals surface area (Å²) in [6.45, 7) is 14.6. The van der Waals surface area contributed by atoms with Gasteiger partial charge in [-0.15, -0.1) is 0 Å². The van der Waals surface area contributed by atoms with Crippen LogP contribution in [0.3, 0.4) is 0 Å². The Morgan fingerprint density at radius 2 is 1.76 bits per heavy atom. The van der Waals surface area contributed by atoms with Gasteiger partial charge in [0.15, 0.2) is 0 Å². The highest BCUT2D eigenvalue weighted by Crippen LogP contribution is 2.22. The van der Waals surface area contributed by atoms with Crippen molar-refractivity contribution in [2.24, 2.45) is 5.41 Å². The standard InChI is InChI=1S/C14H30N2O/c1-11-9-16(10-12(2)17-11)8-7-13(15-6)14(3,4)5/h11-13,15H,7-10H2,1-6H3/t11-,12+,13?. The van der Waals surface area contributed by atoms with E-state index in [1.807, 2.05) is 0 Å². The van der Waals surface area contributed by atoms with E-state index in [0.29, 0.717) is 23.7 Å². The second-order valence-electron chi connectivity index (χ2n) is 6.51. The van der Waals surface area contributed by atoms with Crippen molar-refractivity contribution in [1.29, 1.82) is 0 Å². The molecule has 0 aromatic carbocycles. The van der Waals surface area contributed by atoms with E-state index in [2.05, 4.69) is 51.9 Å². The largest absolute Gasteiger partial charge is 0.373 e. The zero-order chi connectivity index (χ0) is 13.1. The lowest BCUT2D eigenvalue weighted by Crippen LogP contribution is -2.48. The molecule has 3 atom stereocenters. The van der Waals surface area contributed by atoms with Crippen molar-refractivity contribution in [3.05, 3.63) is 0 Å². The second-order valence-corrected chi connectivity index (χ2v) is 6.51. The fourth-order valence-corrected chi connectivity index (χ4v) is 2.79. The van der Waals surface area contributed by atoms with Gasteiger partial charge in [0.1, 0.15) is 0 Å². The zero-order valence-electron chi connectivity index (χ0n) is 12.4. The average molecular weight is 242 g/mol. The molecule has 1 rings (SSSR count). The Morgan fingerprint density at radius 3 is 2.18 bits per heavy atom. The first-order valence-corrected chi connectivity index (χ1v) is 6.88. The normalized spacial score (nSPS) is 29.3. The van der Waals surface area contributed by atoms with Crippen molar-refractivity contribution in [3.8, 4) is 0 Å². The summed E-state index contributed by atoms with van der Waals surface area (Å²) in [4.78, 5) is 2.54. The lowest BCUT2D eigenvalue weighted by Gasteiger charge is -2.37. The minimum atomic E-state index is 0.332. The average Bonchev–Trinajstić information content (AvgIpc) is 2.14. The second kappa shape index (κ2) is 6.17. The Hall–Kier alpha value is -0.120. The first-order chi connectivity index (χ1) is 7.82. The number of nitrogens with one attached hydrogen (secondary N) is 1. The van der Waals surface area contributed by atoms with Gasteiger partial charge in [0.05, 0.1) is 12.2 Å². The summed E-state index contributed by atoms with van der Waals surface area (Å²) in [5.74, 6) is 0. The molecule has 3 nitrogen and oxygen atoms in total. The number of rotatable bonds is 4. The molecular formula is C14H30N2O. The molecule has 0 aliphatic carbocycles. The summed E-state index contributed by atoms with van der Waals surface area (Å²) >= 11 is 0. The maximum atomic E-state index is 5.76. The number of hydrogen-bond acceptors (Lipinski definition) is 3. The van der Waals surface area contributed by atoms with Crippen LogP contribution in [0.4, 0.5) is 0 Å². The highest BCUT2D eigenvalue weighted by atomic mass is 16.5. The maximum Gasteiger partial charge on any atom is 0.0678 e. The Balaban J connectivity index is 2.39. The van der Waals surface area contributed by atoms with E-state index in [1.54, 1.807) is 0 Å². The number of morpholine rings is 1. The topological polar surface area (TPSA) is 24.5 Å². The molecule has 0 saturated carbocycles. The Kier molecular flexibility index (Phi) is 5.42. The minimum Gasteiger partial charge on any atom is -0.373 e. The van der Waals surface area contributed by atoms with Gasteiger partial charge in [-0.1, -0.05) is 20.8 Å². The summed E-state index contributed by atoms with van der Waals surface area (Å²) in [5, 5.41) is 3.45. The molecule has 17 heavy (non-hydrogen) atoms. The third-order valence-corrected chi connectivity index (χ3v) is 3.62. The summed E-state index contributed by atoms with van der Waals surface area (Å²) in [7, 11) is 2.07. The van der Waals surface area contributed by atoms with Crippen LogP contribution in [0.2, 0.25) is 0 Å². The van der Waals surface area contributed by atoms with Gasteiger partial charge in [0.2, 0.25) is 0 Å². The van der Waals surface area contributed by atoms with Gasteiger partial charge in [-0.3, -0.25) is 4.90 Å². The van der Waals surface area contributed by atoms with Crippen LogP contribution < -0.4 is 5.32 Å². The monoisotopic (exact) mass is 242 g/mol. The van der Waals surface area contributed by atoms with Gasteiger partial charge >= 0.3 is 0 Å². The highest BCUT2D eigenvalue weighted by Gasteiger charge is 2.26. The summed E-state index contributed by atoms with van der Waals surface area (Å²) in [6, 6.07) is 0.580. The molecule has 0 bridgehead atoms. The van der Waals surface area contributed by atoms with Gasteiger partial charge in [0, 0.05) is 19.1 Å². The minimum absolute atomic E-state index is 0.332. The van der Waals surface area contributed by atoms with E-state index in [9.17, 15) is 0 Å². The van der Waals surface area contributed by atoms with Crippen molar-refractivity contribution in [2.45, 2.75) is 59.3 Å². The Labute approximate surface area is 107 Å². The van der Waals surface area contributed by atoms with E-state index in [1.165, 1.54) is 13.0 Å². The molecule has 3 heteroatoms. The van der Waals surface area contributed by atoms with Crippen LogP contribution in [0.1, 0.15) is 41.0 Å². The summed E-state index contributed by atoms with van der Waals surface area (Å²) in [5.41, 5.74) is 0.332. The van der Waals surface area contributed by atoms with Crippen molar-refractivity contribution in [1.82, 2.24) is 10.2 Å². The molecule has 1 saturated heterocycles. The zero-order valence-corrected chi connectivity index (χ0v) is 12.4. The van der Waals surface area contributed by atoms with Crippen molar-refractivity contribution in [2.75, 3.05) is 26.7 Å². The summed E-state index contributed by atoms with van der Waals surface area (Å²) < 4.78 is 5.76.